The van der Waals surface area contributed by atoms with Crippen LogP contribution in [-0.4, -0.2) is 43.7 Å². The first-order chi connectivity index (χ1) is 12.6. The fraction of sp³-hybridized carbons (Fsp3) is 0.263. The smallest absolute Gasteiger partial charge is 0.321 e. The minimum absolute atomic E-state index is 0.00716. The number of thiazole rings is 1. The number of fused-ring (bicyclic) bond motifs is 1. The summed E-state index contributed by atoms with van der Waals surface area (Å²) in [7, 11) is 5.60. The Morgan fingerprint density at radius 3 is 2.65 bits per heavy atom. The van der Waals surface area contributed by atoms with Crippen molar-refractivity contribution in [2.45, 2.75) is 6.04 Å². The van der Waals surface area contributed by atoms with Gasteiger partial charge >= 0.3 is 6.03 Å². The Morgan fingerprint density at radius 1 is 1.19 bits per heavy atom. The van der Waals surface area contributed by atoms with E-state index in [0.717, 1.165) is 21.5 Å². The summed E-state index contributed by atoms with van der Waals surface area (Å²) < 4.78 is 6.49. The van der Waals surface area contributed by atoms with E-state index in [2.05, 4.69) is 20.5 Å². The van der Waals surface area contributed by atoms with Gasteiger partial charge < -0.3 is 15.0 Å². The fourth-order valence-corrected chi connectivity index (χ4v) is 3.63. The monoisotopic (exact) mass is 370 g/mol. The zero-order valence-electron chi connectivity index (χ0n) is 15.0. The number of methoxy groups -OCH3 is 1. The van der Waals surface area contributed by atoms with Gasteiger partial charge in [-0.25, -0.2) is 9.78 Å². The second-order valence-corrected chi connectivity index (χ2v) is 7.07. The molecule has 0 aliphatic heterocycles. The van der Waals surface area contributed by atoms with Gasteiger partial charge in [-0.15, -0.1) is 0 Å². The van der Waals surface area contributed by atoms with Gasteiger partial charge in [0.05, 0.1) is 23.4 Å². The molecule has 0 spiro atoms. The molecule has 7 heteroatoms. The van der Waals surface area contributed by atoms with E-state index in [0.29, 0.717) is 11.7 Å². The van der Waals surface area contributed by atoms with Crippen molar-refractivity contribution in [1.29, 1.82) is 0 Å². The van der Waals surface area contributed by atoms with Crippen LogP contribution in [0.4, 0.5) is 9.93 Å². The molecule has 26 heavy (non-hydrogen) atoms. The van der Waals surface area contributed by atoms with Crippen molar-refractivity contribution in [1.82, 2.24) is 15.2 Å². The Morgan fingerprint density at radius 2 is 1.92 bits per heavy atom. The Labute approximate surface area is 156 Å². The number of urea groups is 1. The van der Waals surface area contributed by atoms with Crippen molar-refractivity contribution in [2.75, 3.05) is 33.1 Å². The molecule has 1 aromatic heterocycles. The number of carbonyl (C=O) groups excluding carboxylic acids is 1. The number of amides is 2. The molecule has 136 valence electrons. The van der Waals surface area contributed by atoms with Gasteiger partial charge in [0.1, 0.15) is 5.75 Å². The number of ether oxygens (including phenoxy) is 1. The van der Waals surface area contributed by atoms with Crippen molar-refractivity contribution in [3.63, 3.8) is 0 Å². The highest BCUT2D eigenvalue weighted by molar-refractivity contribution is 7.22. The highest BCUT2D eigenvalue weighted by Gasteiger charge is 2.19. The van der Waals surface area contributed by atoms with Crippen LogP contribution in [0.5, 0.6) is 5.75 Å². The molecule has 6 nitrogen and oxygen atoms in total. The molecule has 0 aliphatic carbocycles. The number of nitrogens with one attached hydrogen (secondary N) is 2. The van der Waals surface area contributed by atoms with E-state index < -0.39 is 0 Å². The van der Waals surface area contributed by atoms with E-state index in [4.69, 9.17) is 4.74 Å². The van der Waals surface area contributed by atoms with Crippen LogP contribution < -0.4 is 15.4 Å². The zero-order valence-corrected chi connectivity index (χ0v) is 15.8. The lowest BCUT2D eigenvalue weighted by Gasteiger charge is -2.26. The van der Waals surface area contributed by atoms with Crippen LogP contribution in [-0.2, 0) is 0 Å². The number of hydrogen-bond donors (Lipinski definition) is 2. The van der Waals surface area contributed by atoms with E-state index >= 15 is 0 Å². The first-order valence-electron chi connectivity index (χ1n) is 8.28. The predicted molar refractivity (Wildman–Crippen MR) is 106 cm³/mol. The van der Waals surface area contributed by atoms with Gasteiger partial charge in [-0.1, -0.05) is 41.7 Å². The average Bonchev–Trinajstić information content (AvgIpc) is 3.04. The number of likely N-dealkylation sites (N-methyl/N-ethyl adjacent to an activating group) is 1. The third-order valence-corrected chi connectivity index (χ3v) is 5.04. The summed E-state index contributed by atoms with van der Waals surface area (Å²) in [6.45, 7) is 0.449. The number of anilines is 1. The first-order valence-corrected chi connectivity index (χ1v) is 9.10. The third kappa shape index (κ3) is 4.12. The molecular formula is C19H22N4O2S. The number of carbonyl (C=O) groups is 1. The minimum atomic E-state index is -0.272. The van der Waals surface area contributed by atoms with Crippen LogP contribution in [0.1, 0.15) is 11.6 Å². The summed E-state index contributed by atoms with van der Waals surface area (Å²) in [6, 6.07) is 15.4. The topological polar surface area (TPSA) is 66.5 Å². The minimum Gasteiger partial charge on any atom is -0.496 e. The second kappa shape index (κ2) is 8.16. The molecule has 3 rings (SSSR count). The van der Waals surface area contributed by atoms with Gasteiger partial charge in [0, 0.05) is 12.1 Å². The molecule has 3 aromatic rings. The number of para-hydroxylation sites is 2. The summed E-state index contributed by atoms with van der Waals surface area (Å²) in [4.78, 5) is 18.8. The number of hydrogen-bond acceptors (Lipinski definition) is 5. The van der Waals surface area contributed by atoms with Gasteiger partial charge in [0.2, 0.25) is 0 Å². The fourth-order valence-electron chi connectivity index (χ4n) is 2.77. The maximum absolute atomic E-state index is 12.3. The molecule has 0 radical (unpaired) electrons. The number of nitrogens with zero attached hydrogens (tertiary/aromatic N) is 2. The molecule has 0 saturated heterocycles. The maximum atomic E-state index is 12.3. The molecule has 1 atom stereocenters. The van der Waals surface area contributed by atoms with E-state index in [1.165, 1.54) is 11.3 Å². The molecule has 0 saturated carbocycles. The quantitative estimate of drug-likeness (QED) is 0.694. The van der Waals surface area contributed by atoms with E-state index in [9.17, 15) is 4.79 Å². The second-order valence-electron chi connectivity index (χ2n) is 6.04. The highest BCUT2D eigenvalue weighted by atomic mass is 32.1. The normalized spacial score (nSPS) is 12.2. The Bertz CT molecular complexity index is 861. The van der Waals surface area contributed by atoms with E-state index in [1.54, 1.807) is 7.11 Å². The van der Waals surface area contributed by atoms with Gasteiger partial charge in [-0.3, -0.25) is 5.32 Å². The van der Waals surface area contributed by atoms with E-state index in [-0.39, 0.29) is 12.1 Å². The summed E-state index contributed by atoms with van der Waals surface area (Å²) in [5.74, 6) is 0.805. The summed E-state index contributed by atoms with van der Waals surface area (Å²) in [5, 5.41) is 6.32. The van der Waals surface area contributed by atoms with Gasteiger partial charge in [-0.05, 0) is 32.3 Å². The Balaban J connectivity index is 1.66. The number of aromatic nitrogens is 1. The van der Waals surface area contributed by atoms with Crippen LogP contribution in [0.2, 0.25) is 0 Å². The predicted octanol–water partition coefficient (Wildman–Crippen LogP) is 3.73. The molecule has 2 N–H and O–H groups in total. The SMILES string of the molecule is COc1ccccc1C(CNC(=O)Nc1nc2ccccc2s1)N(C)C. The van der Waals surface area contributed by atoms with Crippen molar-refractivity contribution < 1.29 is 9.53 Å². The Kier molecular flexibility index (Phi) is 5.70. The number of rotatable bonds is 6. The lowest BCUT2D eigenvalue weighted by molar-refractivity contribution is 0.242. The van der Waals surface area contributed by atoms with Crippen LogP contribution in [0, 0.1) is 0 Å². The van der Waals surface area contributed by atoms with Crippen molar-refractivity contribution >= 4 is 32.7 Å². The molecule has 0 bridgehead atoms. The van der Waals surface area contributed by atoms with Crippen molar-refractivity contribution in [3.05, 3.63) is 54.1 Å². The molecule has 0 aliphatic rings. The highest BCUT2D eigenvalue weighted by Crippen LogP contribution is 2.28. The zero-order chi connectivity index (χ0) is 18.5. The molecule has 0 fully saturated rings. The van der Waals surface area contributed by atoms with Crippen molar-refractivity contribution in [2.24, 2.45) is 0 Å². The van der Waals surface area contributed by atoms with Crippen LogP contribution >= 0.6 is 11.3 Å². The number of benzene rings is 2. The van der Waals surface area contributed by atoms with Crippen LogP contribution in [0.15, 0.2) is 48.5 Å². The lowest BCUT2D eigenvalue weighted by atomic mass is 10.0. The average molecular weight is 370 g/mol. The molecule has 2 amide bonds. The molecule has 2 aromatic carbocycles. The van der Waals surface area contributed by atoms with E-state index in [1.807, 2.05) is 62.6 Å². The largest absolute Gasteiger partial charge is 0.496 e. The van der Waals surface area contributed by atoms with Crippen molar-refractivity contribution in [3.8, 4) is 5.75 Å². The Hall–Kier alpha value is -2.64. The molecule has 1 unspecified atom stereocenters. The van der Waals surface area contributed by atoms with Gasteiger partial charge in [0.25, 0.3) is 0 Å². The van der Waals surface area contributed by atoms with Crippen LogP contribution in [0.25, 0.3) is 10.2 Å². The third-order valence-electron chi connectivity index (χ3n) is 4.09. The molecule has 1 heterocycles. The first kappa shape index (κ1) is 18.2. The maximum Gasteiger partial charge on any atom is 0.321 e. The molecular weight excluding hydrogens is 348 g/mol. The summed E-state index contributed by atoms with van der Waals surface area (Å²) in [5.41, 5.74) is 1.91. The standard InChI is InChI=1S/C19H22N4O2S/c1-23(2)15(13-8-4-6-10-16(13)25-3)12-20-18(24)22-19-21-14-9-5-7-11-17(14)26-19/h4-11,15H,12H2,1-3H3,(H2,20,21,22,24). The van der Waals surface area contributed by atoms with Crippen LogP contribution in [0.3, 0.4) is 0 Å². The van der Waals surface area contributed by atoms with Gasteiger partial charge in [-0.2, -0.15) is 0 Å². The summed E-state index contributed by atoms with van der Waals surface area (Å²) >= 11 is 1.46. The lowest BCUT2D eigenvalue weighted by Crippen LogP contribution is -2.37. The summed E-state index contributed by atoms with van der Waals surface area (Å²) in [6.07, 6.45) is 0. The van der Waals surface area contributed by atoms with Gasteiger partial charge in [0.15, 0.2) is 5.13 Å².